The highest BCUT2D eigenvalue weighted by atomic mass is 16.3. The van der Waals surface area contributed by atoms with E-state index in [1.54, 1.807) is 0 Å². The maximum atomic E-state index is 13.1. The van der Waals surface area contributed by atoms with E-state index in [0.29, 0.717) is 12.8 Å². The second-order valence-electron chi connectivity index (χ2n) is 11.7. The van der Waals surface area contributed by atoms with Crippen LogP contribution in [0.3, 0.4) is 0 Å². The molecule has 0 aromatic carbocycles. The Balaban J connectivity index is 2.90. The van der Waals surface area contributed by atoms with Gasteiger partial charge < -0.3 is 31.5 Å². The van der Waals surface area contributed by atoms with E-state index >= 15 is 0 Å². The molecule has 0 unspecified atom stereocenters. The van der Waals surface area contributed by atoms with Gasteiger partial charge in [-0.1, -0.05) is 40.5 Å². The number of nitrogens with one attached hydrogen (secondary N) is 4. The van der Waals surface area contributed by atoms with Crippen LogP contribution in [-0.2, 0) is 19.2 Å². The predicted octanol–water partition coefficient (Wildman–Crippen LogP) is 0.849. The Hall–Kier alpha value is -2.20. The molecule has 0 aromatic rings. The van der Waals surface area contributed by atoms with Crippen LogP contribution in [-0.4, -0.2) is 71.2 Å². The molecule has 208 valence electrons. The molecule has 10 nitrogen and oxygen atoms in total. The van der Waals surface area contributed by atoms with E-state index in [-0.39, 0.29) is 37.1 Å². The molecule has 10 heteroatoms. The minimum Gasteiger partial charge on any atom is -0.394 e. The molecule has 0 spiro atoms. The molecular formula is C26H48N4O6. The number of carbonyl (C=O) groups is 4. The highest BCUT2D eigenvalue weighted by molar-refractivity contribution is 6.05. The fraction of sp³-hybridized carbons (Fsp3) is 0.846. The van der Waals surface area contributed by atoms with Gasteiger partial charge in [0.15, 0.2) is 0 Å². The van der Waals surface area contributed by atoms with Gasteiger partial charge in [0.25, 0.3) is 0 Å². The van der Waals surface area contributed by atoms with Crippen molar-refractivity contribution in [1.29, 1.82) is 0 Å². The van der Waals surface area contributed by atoms with Gasteiger partial charge in [-0.2, -0.15) is 0 Å². The highest BCUT2D eigenvalue weighted by Crippen LogP contribution is 2.24. The molecule has 4 atom stereocenters. The summed E-state index contributed by atoms with van der Waals surface area (Å²) in [5.41, 5.74) is -2.77. The molecule has 1 aliphatic rings. The van der Waals surface area contributed by atoms with Crippen molar-refractivity contribution in [2.24, 2.45) is 22.7 Å². The van der Waals surface area contributed by atoms with Gasteiger partial charge in [-0.3, -0.25) is 19.2 Å². The first-order valence-electron chi connectivity index (χ1n) is 13.0. The summed E-state index contributed by atoms with van der Waals surface area (Å²) < 4.78 is 0. The van der Waals surface area contributed by atoms with Crippen molar-refractivity contribution >= 4 is 23.6 Å². The molecule has 0 radical (unpaired) electrons. The van der Waals surface area contributed by atoms with E-state index in [1.165, 1.54) is 27.7 Å². The first-order valence-corrected chi connectivity index (χ1v) is 13.0. The summed E-state index contributed by atoms with van der Waals surface area (Å²) in [7, 11) is 0. The van der Waals surface area contributed by atoms with Crippen molar-refractivity contribution in [3.63, 3.8) is 0 Å². The molecule has 6 N–H and O–H groups in total. The van der Waals surface area contributed by atoms with Crippen LogP contribution in [0.5, 0.6) is 0 Å². The first-order chi connectivity index (χ1) is 16.6. The van der Waals surface area contributed by atoms with Gasteiger partial charge in [-0.05, 0) is 52.4 Å². The molecule has 1 fully saturated rings. The lowest BCUT2D eigenvalue weighted by Crippen LogP contribution is -2.60. The Kier molecular flexibility index (Phi) is 11.8. The number of rotatable bonds is 12. The minimum absolute atomic E-state index is 0.00417. The van der Waals surface area contributed by atoms with Crippen molar-refractivity contribution in [2.75, 3.05) is 13.2 Å². The van der Waals surface area contributed by atoms with Crippen molar-refractivity contribution in [1.82, 2.24) is 21.3 Å². The zero-order chi connectivity index (χ0) is 27.8. The number of aliphatic hydroxyl groups excluding tert-OH is 2. The van der Waals surface area contributed by atoms with Gasteiger partial charge >= 0.3 is 0 Å². The summed E-state index contributed by atoms with van der Waals surface area (Å²) in [5, 5.41) is 30.4. The number of aliphatic hydroxyl groups is 2. The number of amides is 4. The molecule has 36 heavy (non-hydrogen) atoms. The fourth-order valence-corrected chi connectivity index (χ4v) is 3.92. The van der Waals surface area contributed by atoms with Crippen LogP contribution in [0.1, 0.15) is 81.1 Å². The Morgan fingerprint density at radius 3 is 1.22 bits per heavy atom. The maximum absolute atomic E-state index is 13.1. The van der Waals surface area contributed by atoms with E-state index in [1.807, 2.05) is 27.7 Å². The lowest BCUT2D eigenvalue weighted by atomic mass is 9.85. The normalized spacial score (nSPS) is 20.4. The quantitative estimate of drug-likeness (QED) is 0.213. The summed E-state index contributed by atoms with van der Waals surface area (Å²) in [5.74, 6) is -1.89. The molecule has 0 heterocycles. The average molecular weight is 513 g/mol. The van der Waals surface area contributed by atoms with Gasteiger partial charge in [0, 0.05) is 12.1 Å². The van der Waals surface area contributed by atoms with E-state index in [4.69, 9.17) is 0 Å². The standard InChI is InChI=1S/C26H48N4O6/c1-15(2)19(13-31)29-23(35)25(5,6)21(33)27-17-11-9-10-12-18(17)28-22(34)26(7,8)24(36)30-20(14-32)16(3)4/h15-20,31-32H,9-14H2,1-8H3,(H,27,33)(H,28,34)(H,29,35)(H,30,36)/t17-,18-,19-,20-/m1/s1. The van der Waals surface area contributed by atoms with Crippen molar-refractivity contribution in [3.8, 4) is 0 Å². The van der Waals surface area contributed by atoms with Crippen LogP contribution in [0.4, 0.5) is 0 Å². The molecule has 0 bridgehead atoms. The third-order valence-electron chi connectivity index (χ3n) is 7.31. The number of hydrogen-bond acceptors (Lipinski definition) is 6. The molecule has 4 amide bonds. The Morgan fingerprint density at radius 1 is 0.667 bits per heavy atom. The second-order valence-corrected chi connectivity index (χ2v) is 11.7. The topological polar surface area (TPSA) is 157 Å². The van der Waals surface area contributed by atoms with Gasteiger partial charge in [0.2, 0.25) is 23.6 Å². The van der Waals surface area contributed by atoms with Crippen molar-refractivity contribution in [3.05, 3.63) is 0 Å². The molecule has 0 aliphatic heterocycles. The van der Waals surface area contributed by atoms with Gasteiger partial charge in [-0.15, -0.1) is 0 Å². The van der Waals surface area contributed by atoms with Crippen molar-refractivity contribution in [2.45, 2.75) is 105 Å². The summed E-state index contributed by atoms with van der Waals surface area (Å²) in [6, 6.07) is -1.69. The largest absolute Gasteiger partial charge is 0.394 e. The van der Waals surface area contributed by atoms with Gasteiger partial charge in [0.05, 0.1) is 25.3 Å². The van der Waals surface area contributed by atoms with E-state index < -0.39 is 46.5 Å². The fourth-order valence-electron chi connectivity index (χ4n) is 3.92. The molecule has 0 saturated heterocycles. The van der Waals surface area contributed by atoms with E-state index in [0.717, 1.165) is 12.8 Å². The third-order valence-corrected chi connectivity index (χ3v) is 7.31. The Morgan fingerprint density at radius 2 is 0.972 bits per heavy atom. The van der Waals surface area contributed by atoms with Crippen LogP contribution >= 0.6 is 0 Å². The highest BCUT2D eigenvalue weighted by Gasteiger charge is 2.42. The SMILES string of the molecule is CC(C)[C@@H](CO)NC(=O)C(C)(C)C(=O)N[C@@H]1CCCC[C@H]1NC(=O)C(C)(C)C(=O)N[C@H](CO)C(C)C. The lowest BCUT2D eigenvalue weighted by molar-refractivity contribution is -0.145. The predicted molar refractivity (Wildman–Crippen MR) is 138 cm³/mol. The second kappa shape index (κ2) is 13.4. The van der Waals surface area contributed by atoms with Crippen LogP contribution < -0.4 is 21.3 Å². The zero-order valence-corrected chi connectivity index (χ0v) is 23.2. The third kappa shape index (κ3) is 8.16. The lowest BCUT2D eigenvalue weighted by Gasteiger charge is -2.37. The summed E-state index contributed by atoms with van der Waals surface area (Å²) in [4.78, 5) is 51.9. The molecule has 1 saturated carbocycles. The molecule has 1 aliphatic carbocycles. The van der Waals surface area contributed by atoms with Crippen LogP contribution in [0.15, 0.2) is 0 Å². The molecule has 1 rings (SSSR count). The first kappa shape index (κ1) is 31.8. The summed E-state index contributed by atoms with van der Waals surface area (Å²) in [6.45, 7) is 13.2. The van der Waals surface area contributed by atoms with E-state index in [2.05, 4.69) is 21.3 Å². The number of carbonyl (C=O) groups excluding carboxylic acids is 4. The van der Waals surface area contributed by atoms with Gasteiger partial charge in [0.1, 0.15) is 10.8 Å². The van der Waals surface area contributed by atoms with Crippen molar-refractivity contribution < 1.29 is 29.4 Å². The monoisotopic (exact) mass is 512 g/mol. The number of hydrogen-bond donors (Lipinski definition) is 6. The molecular weight excluding hydrogens is 464 g/mol. The average Bonchev–Trinajstić information content (AvgIpc) is 2.80. The minimum atomic E-state index is -1.39. The van der Waals surface area contributed by atoms with Crippen LogP contribution in [0.2, 0.25) is 0 Å². The molecule has 0 aromatic heterocycles. The van der Waals surface area contributed by atoms with Crippen LogP contribution in [0, 0.1) is 22.7 Å². The Labute approximate surface area is 215 Å². The summed E-state index contributed by atoms with van der Waals surface area (Å²) in [6.07, 6.45) is 2.99. The Bertz CT molecular complexity index is 716. The summed E-state index contributed by atoms with van der Waals surface area (Å²) >= 11 is 0. The smallest absolute Gasteiger partial charge is 0.235 e. The van der Waals surface area contributed by atoms with Gasteiger partial charge in [-0.25, -0.2) is 0 Å². The zero-order valence-electron chi connectivity index (χ0n) is 23.2. The van der Waals surface area contributed by atoms with E-state index in [9.17, 15) is 29.4 Å². The maximum Gasteiger partial charge on any atom is 0.235 e. The van der Waals surface area contributed by atoms with Crippen LogP contribution in [0.25, 0.3) is 0 Å².